The first kappa shape index (κ1) is 29.1. The number of halogens is 6. The molecule has 0 spiro atoms. The van der Waals surface area contributed by atoms with E-state index >= 15 is 0 Å². The van der Waals surface area contributed by atoms with Gasteiger partial charge in [-0.3, -0.25) is 4.90 Å². The molecule has 1 aromatic heterocycles. The van der Waals surface area contributed by atoms with Gasteiger partial charge in [0.15, 0.2) is 0 Å². The number of hydrogen-bond acceptors (Lipinski definition) is 5. The molecular weight excluding hydrogens is 576 g/mol. The molecule has 3 fully saturated rings. The van der Waals surface area contributed by atoms with E-state index in [2.05, 4.69) is 11.0 Å². The van der Waals surface area contributed by atoms with Crippen LogP contribution in [-0.4, -0.2) is 42.2 Å². The predicted molar refractivity (Wildman–Crippen MR) is 146 cm³/mol. The number of hydrogen-bond donors (Lipinski definition) is 0. The Labute approximate surface area is 244 Å². The molecular formula is C31H29F6N3O3. The molecule has 1 amide bonds. The largest absolute Gasteiger partial charge is 0.496 e. The third-order valence-electron chi connectivity index (χ3n) is 8.35. The average molecular weight is 606 g/mol. The number of ether oxygens (including phenoxy) is 2. The van der Waals surface area contributed by atoms with Gasteiger partial charge in [-0.2, -0.15) is 26.3 Å². The molecule has 0 bridgehead atoms. The fourth-order valence-electron chi connectivity index (χ4n) is 5.65. The first-order valence-corrected chi connectivity index (χ1v) is 14.0. The van der Waals surface area contributed by atoms with Gasteiger partial charge in [-0.15, -0.1) is 0 Å². The van der Waals surface area contributed by atoms with Crippen LogP contribution in [0.15, 0.2) is 48.5 Å². The highest BCUT2D eigenvalue weighted by Crippen LogP contribution is 2.45. The van der Waals surface area contributed by atoms with E-state index in [-0.39, 0.29) is 18.2 Å². The molecule has 2 aromatic carbocycles. The minimum atomic E-state index is -5.02. The topological polar surface area (TPSA) is 54.9 Å². The number of carbonyl (C=O) groups excluding carboxylic acids is 1. The lowest BCUT2D eigenvalue weighted by molar-refractivity contribution is -0.143. The Balaban J connectivity index is 1.37. The van der Waals surface area contributed by atoms with Crippen LogP contribution < -0.4 is 9.64 Å². The molecule has 6 rings (SSSR count). The fourth-order valence-corrected chi connectivity index (χ4v) is 5.65. The van der Waals surface area contributed by atoms with Crippen molar-refractivity contribution in [1.82, 2.24) is 9.88 Å². The van der Waals surface area contributed by atoms with E-state index in [4.69, 9.17) is 14.5 Å². The van der Waals surface area contributed by atoms with Crippen molar-refractivity contribution in [2.75, 3.05) is 25.1 Å². The van der Waals surface area contributed by atoms with Crippen molar-refractivity contribution >= 4 is 11.9 Å². The lowest BCUT2D eigenvalue weighted by atomic mass is 9.96. The second-order valence-corrected chi connectivity index (χ2v) is 11.3. The molecule has 2 atom stereocenters. The molecule has 0 radical (unpaired) electrons. The molecule has 3 aliphatic rings. The Morgan fingerprint density at radius 2 is 1.58 bits per heavy atom. The predicted octanol–water partition coefficient (Wildman–Crippen LogP) is 7.96. The van der Waals surface area contributed by atoms with Gasteiger partial charge < -0.3 is 14.4 Å². The zero-order valence-corrected chi connectivity index (χ0v) is 23.4. The molecule has 3 aromatic rings. The number of rotatable bonds is 7. The van der Waals surface area contributed by atoms with Crippen molar-refractivity contribution < 1.29 is 40.6 Å². The molecule has 3 heterocycles. The Morgan fingerprint density at radius 3 is 2.14 bits per heavy atom. The van der Waals surface area contributed by atoms with Crippen LogP contribution >= 0.6 is 0 Å². The van der Waals surface area contributed by atoms with E-state index in [0.717, 1.165) is 43.5 Å². The smallest absolute Gasteiger partial charge is 0.416 e. The van der Waals surface area contributed by atoms with Gasteiger partial charge in [0.05, 0.1) is 36.5 Å². The summed E-state index contributed by atoms with van der Waals surface area (Å²) < 4.78 is 92.3. The summed E-state index contributed by atoms with van der Waals surface area (Å²) in [6, 6.07) is 10.2. The van der Waals surface area contributed by atoms with E-state index in [1.807, 2.05) is 24.3 Å². The van der Waals surface area contributed by atoms with Crippen LogP contribution in [0, 0.1) is 0 Å². The van der Waals surface area contributed by atoms with Crippen LogP contribution in [0.25, 0.3) is 11.1 Å². The van der Waals surface area contributed by atoms with Crippen LogP contribution in [0.3, 0.4) is 0 Å². The van der Waals surface area contributed by atoms with Gasteiger partial charge in [-0.25, -0.2) is 9.78 Å². The average Bonchev–Trinajstić information content (AvgIpc) is 3.73. The number of alkyl halides is 6. The molecule has 2 aliphatic heterocycles. The number of carbonyl (C=O) groups is 1. The minimum Gasteiger partial charge on any atom is -0.496 e. The molecule has 1 unspecified atom stereocenters. The standard InChI is InChI=1S/C31H29F6N3O3/c1-17-28(20-12-21(30(32,33)34)15-22(13-20)31(35,36)37)43-29(41)40(17)16-25-23(7-9-27(38-25)39-10-3-11-39)24-14-19(18-4-5-18)6-8-26(24)42-2/h6-9,12-15,17-18,28H,3-5,10-11,16H2,1-2H3/t17?,28-/m0/s1. The highest BCUT2D eigenvalue weighted by atomic mass is 19.4. The Morgan fingerprint density at radius 1 is 0.907 bits per heavy atom. The van der Waals surface area contributed by atoms with Gasteiger partial charge in [0.25, 0.3) is 0 Å². The third-order valence-corrected chi connectivity index (χ3v) is 8.35. The molecule has 1 saturated carbocycles. The maximum atomic E-state index is 13.5. The Hall–Kier alpha value is -3.96. The molecule has 2 saturated heterocycles. The second-order valence-electron chi connectivity index (χ2n) is 11.3. The first-order valence-electron chi connectivity index (χ1n) is 14.0. The summed E-state index contributed by atoms with van der Waals surface area (Å²) in [5.74, 6) is 1.79. The second kappa shape index (κ2) is 10.6. The van der Waals surface area contributed by atoms with Gasteiger partial charge in [0.2, 0.25) is 0 Å². The van der Waals surface area contributed by atoms with E-state index in [1.165, 1.54) is 11.8 Å². The van der Waals surface area contributed by atoms with Crippen molar-refractivity contribution in [2.45, 2.75) is 63.1 Å². The monoisotopic (exact) mass is 605 g/mol. The lowest BCUT2D eigenvalue weighted by Gasteiger charge is -2.33. The number of nitrogens with zero attached hydrogens (tertiary/aromatic N) is 3. The van der Waals surface area contributed by atoms with Crippen molar-refractivity contribution in [3.8, 4) is 16.9 Å². The summed E-state index contributed by atoms with van der Waals surface area (Å²) in [5.41, 5.74) is -0.139. The number of cyclic esters (lactones) is 1. The molecule has 228 valence electrons. The van der Waals surface area contributed by atoms with Gasteiger partial charge in [0, 0.05) is 24.2 Å². The number of anilines is 1. The maximum Gasteiger partial charge on any atom is 0.416 e. The summed E-state index contributed by atoms with van der Waals surface area (Å²) in [6.07, 6.45) is -9.05. The van der Waals surface area contributed by atoms with E-state index < -0.39 is 41.7 Å². The first-order chi connectivity index (χ1) is 20.3. The summed E-state index contributed by atoms with van der Waals surface area (Å²) >= 11 is 0. The maximum absolute atomic E-state index is 13.5. The lowest BCUT2D eigenvalue weighted by Crippen LogP contribution is -2.38. The number of benzene rings is 2. The summed E-state index contributed by atoms with van der Waals surface area (Å²) in [7, 11) is 1.56. The molecule has 12 heteroatoms. The van der Waals surface area contributed by atoms with E-state index in [1.54, 1.807) is 7.11 Å². The molecule has 6 nitrogen and oxygen atoms in total. The van der Waals surface area contributed by atoms with Crippen molar-refractivity contribution in [2.24, 2.45) is 0 Å². The minimum absolute atomic E-state index is 0.0589. The number of aromatic nitrogens is 1. The number of pyridine rings is 1. The van der Waals surface area contributed by atoms with Crippen molar-refractivity contribution in [1.29, 1.82) is 0 Å². The van der Waals surface area contributed by atoms with Gasteiger partial charge in [-0.1, -0.05) is 6.07 Å². The molecule has 1 aliphatic carbocycles. The number of amides is 1. The summed E-state index contributed by atoms with van der Waals surface area (Å²) in [5, 5.41) is 0. The molecule has 43 heavy (non-hydrogen) atoms. The highest BCUT2D eigenvalue weighted by Gasteiger charge is 2.43. The van der Waals surface area contributed by atoms with E-state index in [0.29, 0.717) is 40.9 Å². The SMILES string of the molecule is COc1ccc(C2CC2)cc1-c1ccc(N2CCC2)nc1CN1C(=O)O[C@H](c2cc(C(F)(F)F)cc(C(F)(F)F)c2)C1C. The van der Waals surface area contributed by atoms with Gasteiger partial charge in [0.1, 0.15) is 17.7 Å². The van der Waals surface area contributed by atoms with Crippen molar-refractivity contribution in [3.05, 3.63) is 76.5 Å². The summed E-state index contributed by atoms with van der Waals surface area (Å²) in [6.45, 7) is 3.12. The van der Waals surface area contributed by atoms with Gasteiger partial charge >= 0.3 is 18.4 Å². The zero-order chi connectivity index (χ0) is 30.7. The zero-order valence-electron chi connectivity index (χ0n) is 23.4. The Bertz CT molecular complexity index is 1520. The van der Waals surface area contributed by atoms with Crippen LogP contribution in [-0.2, 0) is 23.6 Å². The van der Waals surface area contributed by atoms with Crippen LogP contribution in [0.2, 0.25) is 0 Å². The van der Waals surface area contributed by atoms with Crippen LogP contribution in [0.4, 0.5) is 37.0 Å². The highest BCUT2D eigenvalue weighted by molar-refractivity contribution is 5.76. The third kappa shape index (κ3) is 5.71. The van der Waals surface area contributed by atoms with Crippen LogP contribution in [0.1, 0.15) is 66.2 Å². The van der Waals surface area contributed by atoms with Crippen LogP contribution in [0.5, 0.6) is 5.75 Å². The Kier molecular flexibility index (Phi) is 7.21. The summed E-state index contributed by atoms with van der Waals surface area (Å²) in [4.78, 5) is 21.4. The normalized spacial score (nSPS) is 20.7. The van der Waals surface area contributed by atoms with E-state index in [9.17, 15) is 31.1 Å². The molecule has 0 N–H and O–H groups in total. The quantitative estimate of drug-likeness (QED) is 0.256. The fraction of sp³-hybridized carbons (Fsp3) is 0.419. The number of methoxy groups -OCH3 is 1. The van der Waals surface area contributed by atoms with Crippen molar-refractivity contribution in [3.63, 3.8) is 0 Å². The van der Waals surface area contributed by atoms with Gasteiger partial charge in [-0.05, 0) is 85.7 Å².